The number of unbranched alkanes of at least 4 members (excludes halogenated alkanes) is 2. The van der Waals surface area contributed by atoms with E-state index in [0.29, 0.717) is 58.3 Å². The minimum atomic E-state index is -0.877. The Labute approximate surface area is 244 Å². The average molecular weight is 579 g/mol. The first kappa shape index (κ1) is 36.1. The number of ketones is 2. The highest BCUT2D eigenvalue weighted by molar-refractivity contribution is 6.12. The molecular formula is C31H50N2O8. The Morgan fingerprint density at radius 2 is 1.32 bits per heavy atom. The van der Waals surface area contributed by atoms with Crippen molar-refractivity contribution >= 4 is 35.3 Å². The van der Waals surface area contributed by atoms with Gasteiger partial charge >= 0.3 is 5.97 Å². The van der Waals surface area contributed by atoms with Crippen molar-refractivity contribution in [2.24, 2.45) is 5.41 Å². The fraction of sp³-hybridized carbons (Fsp3) is 0.742. The molecule has 10 nitrogen and oxygen atoms in total. The predicted molar refractivity (Wildman–Crippen MR) is 155 cm³/mol. The second-order valence-corrected chi connectivity index (χ2v) is 12.8. The molecule has 0 aromatic rings. The van der Waals surface area contributed by atoms with E-state index in [1.165, 1.54) is 17.1 Å². The molecule has 1 N–H and O–H groups in total. The summed E-state index contributed by atoms with van der Waals surface area (Å²) in [6.07, 6.45) is 7.66. The first-order chi connectivity index (χ1) is 19.1. The zero-order valence-corrected chi connectivity index (χ0v) is 25.8. The molecule has 0 fully saturated rings. The summed E-state index contributed by atoms with van der Waals surface area (Å²) in [7, 11) is 0. The molecule has 0 radical (unpaired) electrons. The van der Waals surface area contributed by atoms with Crippen LogP contribution in [0.3, 0.4) is 0 Å². The summed E-state index contributed by atoms with van der Waals surface area (Å²) in [4.78, 5) is 73.7. The van der Waals surface area contributed by atoms with Crippen LogP contribution in [0.2, 0.25) is 0 Å². The molecule has 0 aliphatic carbocycles. The fourth-order valence-electron chi connectivity index (χ4n) is 4.17. The number of nitrogens with zero attached hydrogens (tertiary/aromatic N) is 1. The molecular weight excluding hydrogens is 528 g/mol. The maximum absolute atomic E-state index is 12.6. The van der Waals surface area contributed by atoms with Crippen molar-refractivity contribution in [3.05, 3.63) is 12.2 Å². The second-order valence-electron chi connectivity index (χ2n) is 12.8. The van der Waals surface area contributed by atoms with E-state index in [-0.39, 0.29) is 54.0 Å². The van der Waals surface area contributed by atoms with E-state index in [1.807, 2.05) is 20.8 Å². The molecule has 232 valence electrons. The summed E-state index contributed by atoms with van der Waals surface area (Å²) in [6.45, 7) is 12.3. The number of carbonyl (C=O) groups excluding carboxylic acids is 6. The number of Topliss-reactive ketones (excluding diaryl/α,β-unsaturated/α-hetero) is 2. The third kappa shape index (κ3) is 17.5. The lowest BCUT2D eigenvalue weighted by Gasteiger charge is -2.25. The Morgan fingerprint density at radius 3 is 1.85 bits per heavy atom. The van der Waals surface area contributed by atoms with E-state index >= 15 is 0 Å². The van der Waals surface area contributed by atoms with Gasteiger partial charge in [-0.25, -0.2) is 4.79 Å². The number of esters is 1. The van der Waals surface area contributed by atoms with E-state index < -0.39 is 17.6 Å². The molecule has 0 spiro atoms. The Hall–Kier alpha value is -2.88. The van der Waals surface area contributed by atoms with Gasteiger partial charge in [0.1, 0.15) is 23.2 Å². The zero-order chi connectivity index (χ0) is 31.1. The van der Waals surface area contributed by atoms with Crippen molar-refractivity contribution in [3.63, 3.8) is 0 Å². The van der Waals surface area contributed by atoms with Crippen molar-refractivity contribution in [2.45, 2.75) is 124 Å². The van der Waals surface area contributed by atoms with E-state index in [0.717, 1.165) is 12.8 Å². The highest BCUT2D eigenvalue weighted by atomic mass is 16.6. The van der Waals surface area contributed by atoms with Gasteiger partial charge in [0.15, 0.2) is 0 Å². The summed E-state index contributed by atoms with van der Waals surface area (Å²) in [6, 6.07) is -0.877. The monoisotopic (exact) mass is 578 g/mol. The van der Waals surface area contributed by atoms with Crippen molar-refractivity contribution < 1.29 is 38.2 Å². The van der Waals surface area contributed by atoms with Gasteiger partial charge in [0.25, 0.3) is 11.8 Å². The number of hydrogen-bond acceptors (Lipinski definition) is 8. The number of imide groups is 1. The number of carbonyl (C=O) groups is 6. The molecule has 0 aromatic heterocycles. The Balaban J connectivity index is 2.18. The molecule has 41 heavy (non-hydrogen) atoms. The van der Waals surface area contributed by atoms with Gasteiger partial charge < -0.3 is 14.8 Å². The minimum Gasteiger partial charge on any atom is -0.458 e. The molecule has 0 aromatic carbocycles. The standard InChI is InChI=1S/C31H50N2O8/c1-30(2,3)22-26(36)32-25(29(39)41-31(4,5)6)16-15-24(35)14-11-21-40-20-10-13-23(34)12-8-7-9-19-33-27(37)17-18-28(33)38/h17-18,25H,7-16,19-22H2,1-6H3,(H,32,36)/t25-/m0/s1. The largest absolute Gasteiger partial charge is 0.458 e. The van der Waals surface area contributed by atoms with Crippen molar-refractivity contribution in [1.29, 1.82) is 0 Å². The number of rotatable bonds is 20. The second kappa shape index (κ2) is 17.8. The molecule has 1 rings (SSSR count). The SMILES string of the molecule is CC(C)(C)CC(=O)N[C@@H](CCC(=O)CCCOCCCC(=O)CCCCCN1C(=O)C=CC1=O)C(=O)OC(C)(C)C. The molecule has 1 aliphatic heterocycles. The van der Waals surface area contributed by atoms with Gasteiger partial charge in [0, 0.05) is 64.0 Å². The highest BCUT2D eigenvalue weighted by Gasteiger charge is 2.28. The van der Waals surface area contributed by atoms with Crippen molar-refractivity contribution in [1.82, 2.24) is 10.2 Å². The Morgan fingerprint density at radius 1 is 0.780 bits per heavy atom. The summed E-state index contributed by atoms with van der Waals surface area (Å²) >= 11 is 0. The van der Waals surface area contributed by atoms with Gasteiger partial charge in [0.05, 0.1) is 0 Å². The first-order valence-electron chi connectivity index (χ1n) is 14.7. The molecule has 0 saturated carbocycles. The van der Waals surface area contributed by atoms with Gasteiger partial charge in [0.2, 0.25) is 5.91 Å². The van der Waals surface area contributed by atoms with Gasteiger partial charge in [-0.15, -0.1) is 0 Å². The zero-order valence-electron chi connectivity index (χ0n) is 25.8. The molecule has 10 heteroatoms. The third-order valence-electron chi connectivity index (χ3n) is 6.16. The topological polar surface area (TPSA) is 136 Å². The summed E-state index contributed by atoms with van der Waals surface area (Å²) in [5.41, 5.74) is -0.934. The van der Waals surface area contributed by atoms with E-state index in [1.54, 1.807) is 20.8 Å². The van der Waals surface area contributed by atoms with Crippen LogP contribution in [-0.4, -0.2) is 71.6 Å². The van der Waals surface area contributed by atoms with Crippen LogP contribution in [0.1, 0.15) is 112 Å². The van der Waals surface area contributed by atoms with Crippen LogP contribution < -0.4 is 5.32 Å². The molecule has 0 unspecified atom stereocenters. The smallest absolute Gasteiger partial charge is 0.329 e. The summed E-state index contributed by atoms with van der Waals surface area (Å²) in [5, 5.41) is 2.74. The van der Waals surface area contributed by atoms with Gasteiger partial charge in [-0.1, -0.05) is 27.2 Å². The molecule has 1 atom stereocenters. The Bertz CT molecular complexity index is 925. The van der Waals surface area contributed by atoms with Crippen LogP contribution in [0.25, 0.3) is 0 Å². The van der Waals surface area contributed by atoms with Gasteiger partial charge in [-0.2, -0.15) is 0 Å². The number of hydrogen-bond donors (Lipinski definition) is 1. The molecule has 1 heterocycles. The summed E-state index contributed by atoms with van der Waals surface area (Å²) in [5.74, 6) is -1.21. The lowest BCUT2D eigenvalue weighted by atomic mass is 9.91. The normalized spacial score (nSPS) is 14.3. The molecule has 0 bridgehead atoms. The maximum atomic E-state index is 12.6. The molecule has 1 aliphatic rings. The van der Waals surface area contributed by atoms with Crippen molar-refractivity contribution in [2.75, 3.05) is 19.8 Å². The predicted octanol–water partition coefficient (Wildman–Crippen LogP) is 4.23. The first-order valence-corrected chi connectivity index (χ1v) is 14.7. The van der Waals surface area contributed by atoms with Crippen LogP contribution in [0.5, 0.6) is 0 Å². The van der Waals surface area contributed by atoms with E-state index in [4.69, 9.17) is 9.47 Å². The van der Waals surface area contributed by atoms with Gasteiger partial charge in [-0.3, -0.25) is 28.9 Å². The third-order valence-corrected chi connectivity index (χ3v) is 6.16. The fourth-order valence-corrected chi connectivity index (χ4v) is 4.17. The number of amides is 3. The van der Waals surface area contributed by atoms with Gasteiger partial charge in [-0.05, 0) is 58.3 Å². The van der Waals surface area contributed by atoms with Crippen LogP contribution >= 0.6 is 0 Å². The molecule has 0 saturated heterocycles. The lowest BCUT2D eigenvalue weighted by Crippen LogP contribution is -2.45. The van der Waals surface area contributed by atoms with E-state index in [2.05, 4.69) is 5.32 Å². The highest BCUT2D eigenvalue weighted by Crippen LogP contribution is 2.19. The quantitative estimate of drug-likeness (QED) is 0.129. The van der Waals surface area contributed by atoms with Crippen LogP contribution in [0, 0.1) is 5.41 Å². The average Bonchev–Trinajstić information content (AvgIpc) is 3.15. The van der Waals surface area contributed by atoms with E-state index in [9.17, 15) is 28.8 Å². The minimum absolute atomic E-state index is 0.0165. The summed E-state index contributed by atoms with van der Waals surface area (Å²) < 4.78 is 11.0. The lowest BCUT2D eigenvalue weighted by molar-refractivity contribution is -0.159. The van der Waals surface area contributed by atoms with Crippen LogP contribution in [-0.2, 0) is 38.2 Å². The van der Waals surface area contributed by atoms with Crippen LogP contribution in [0.15, 0.2) is 12.2 Å². The number of ether oxygens (including phenoxy) is 2. The number of nitrogens with one attached hydrogen (secondary N) is 1. The van der Waals surface area contributed by atoms with Crippen LogP contribution in [0.4, 0.5) is 0 Å². The van der Waals surface area contributed by atoms with Crippen molar-refractivity contribution in [3.8, 4) is 0 Å². The maximum Gasteiger partial charge on any atom is 0.329 e. The Kier molecular flexibility index (Phi) is 15.7. The molecule has 3 amide bonds.